The zero-order valence-electron chi connectivity index (χ0n) is 11.4. The molecule has 0 saturated carbocycles. The Morgan fingerprint density at radius 2 is 2.30 bits per heavy atom. The average molecular weight is 290 g/mol. The lowest BCUT2D eigenvalue weighted by Gasteiger charge is -2.33. The number of hydrogen-bond donors (Lipinski definition) is 0. The van der Waals surface area contributed by atoms with Crippen LogP contribution in [0.25, 0.3) is 0 Å². The Balaban J connectivity index is 2.16. The van der Waals surface area contributed by atoms with Gasteiger partial charge in [-0.1, -0.05) is 11.8 Å². The van der Waals surface area contributed by atoms with Crippen LogP contribution in [0.4, 0.5) is 0 Å². The Bertz CT molecular complexity index is 643. The number of ether oxygens (including phenoxy) is 1. The highest BCUT2D eigenvalue weighted by atomic mass is 32.2. The highest BCUT2D eigenvalue weighted by Gasteiger charge is 2.40. The van der Waals surface area contributed by atoms with Crippen molar-refractivity contribution in [3.05, 3.63) is 46.5 Å². The summed E-state index contributed by atoms with van der Waals surface area (Å²) < 4.78 is 10.4. The first kappa shape index (κ1) is 13.1. The van der Waals surface area contributed by atoms with Crippen molar-refractivity contribution in [2.24, 2.45) is 4.99 Å². The molecule has 20 heavy (non-hydrogen) atoms. The second kappa shape index (κ2) is 4.86. The van der Waals surface area contributed by atoms with E-state index in [1.165, 1.54) is 7.11 Å². The molecule has 2 aliphatic heterocycles. The fourth-order valence-electron chi connectivity index (χ4n) is 2.41. The molecule has 0 spiro atoms. The largest absolute Gasteiger partial charge is 0.467 e. The number of amidine groups is 1. The molecule has 0 bridgehead atoms. The molecular formula is C14H14N2O3S. The minimum atomic E-state index is -0.378. The number of fused-ring (bicyclic) bond motifs is 1. The van der Waals surface area contributed by atoms with E-state index in [2.05, 4.69) is 4.99 Å². The molecule has 0 unspecified atom stereocenters. The van der Waals surface area contributed by atoms with Crippen LogP contribution in [0.1, 0.15) is 25.6 Å². The van der Waals surface area contributed by atoms with Gasteiger partial charge in [0.05, 0.1) is 24.6 Å². The van der Waals surface area contributed by atoms with Crippen LogP contribution in [0, 0.1) is 0 Å². The van der Waals surface area contributed by atoms with Gasteiger partial charge in [-0.25, -0.2) is 9.79 Å². The minimum absolute atomic E-state index is 0.323. The minimum Gasteiger partial charge on any atom is -0.467 e. The van der Waals surface area contributed by atoms with Crippen molar-refractivity contribution in [3.63, 3.8) is 0 Å². The van der Waals surface area contributed by atoms with Crippen LogP contribution < -0.4 is 0 Å². The number of furan rings is 1. The Morgan fingerprint density at radius 3 is 2.95 bits per heavy atom. The molecule has 0 fully saturated rings. The quantitative estimate of drug-likeness (QED) is 0.784. The third-order valence-electron chi connectivity index (χ3n) is 3.32. The number of methoxy groups -OCH3 is 1. The van der Waals surface area contributed by atoms with Crippen LogP contribution in [-0.2, 0) is 9.53 Å². The van der Waals surface area contributed by atoms with Gasteiger partial charge < -0.3 is 14.1 Å². The zero-order chi connectivity index (χ0) is 14.3. The molecule has 0 saturated heterocycles. The van der Waals surface area contributed by atoms with E-state index in [-0.39, 0.29) is 12.0 Å². The lowest BCUT2D eigenvalue weighted by atomic mass is 9.99. The summed E-state index contributed by atoms with van der Waals surface area (Å²) in [4.78, 5) is 18.6. The first-order valence-corrected chi connectivity index (χ1v) is 7.05. The van der Waals surface area contributed by atoms with E-state index in [1.54, 1.807) is 18.0 Å². The topological polar surface area (TPSA) is 55.0 Å². The molecule has 0 amide bonds. The number of esters is 1. The first-order chi connectivity index (χ1) is 9.63. The number of allylic oxidation sites excluding steroid dienone is 2. The second-order valence-electron chi connectivity index (χ2n) is 4.55. The molecular weight excluding hydrogens is 276 g/mol. The van der Waals surface area contributed by atoms with Crippen molar-refractivity contribution in [2.75, 3.05) is 7.11 Å². The Hall–Kier alpha value is -1.95. The number of rotatable bonds is 2. The van der Waals surface area contributed by atoms with E-state index < -0.39 is 0 Å². The van der Waals surface area contributed by atoms with E-state index in [0.717, 1.165) is 10.9 Å². The summed E-state index contributed by atoms with van der Waals surface area (Å²) in [6, 6.07) is 3.35. The standard InChI is InChI=1S/C14H14N2O3S/c1-8-7-20-14-15-9(2)11(13(17)18-3)12(16(8)14)10-5-4-6-19-10/h4-7,12H,1-3H3/t12-/m1/s1. The summed E-state index contributed by atoms with van der Waals surface area (Å²) in [7, 11) is 1.38. The Kier molecular flexibility index (Phi) is 3.17. The van der Waals surface area contributed by atoms with Crippen molar-refractivity contribution < 1.29 is 13.9 Å². The van der Waals surface area contributed by atoms with Gasteiger partial charge in [0.15, 0.2) is 5.17 Å². The number of thioether (sulfide) groups is 1. The van der Waals surface area contributed by atoms with Gasteiger partial charge in [-0.05, 0) is 31.4 Å². The number of nitrogens with zero attached hydrogens (tertiary/aromatic N) is 2. The van der Waals surface area contributed by atoms with Crippen LogP contribution in [-0.4, -0.2) is 23.1 Å². The van der Waals surface area contributed by atoms with Gasteiger partial charge in [0, 0.05) is 5.70 Å². The van der Waals surface area contributed by atoms with Crippen LogP contribution in [0.2, 0.25) is 0 Å². The number of aliphatic imine (C=N–C) groups is 1. The van der Waals surface area contributed by atoms with Crippen molar-refractivity contribution in [2.45, 2.75) is 19.9 Å². The fourth-order valence-corrected chi connectivity index (χ4v) is 3.36. The fraction of sp³-hybridized carbons (Fsp3) is 0.286. The Labute approximate surface area is 121 Å². The molecule has 0 N–H and O–H groups in total. The van der Waals surface area contributed by atoms with E-state index in [0.29, 0.717) is 17.0 Å². The number of carbonyl (C=O) groups is 1. The summed E-state index contributed by atoms with van der Waals surface area (Å²) in [5.41, 5.74) is 2.21. The number of hydrogen-bond acceptors (Lipinski definition) is 6. The van der Waals surface area contributed by atoms with Gasteiger partial charge in [-0.2, -0.15) is 0 Å². The van der Waals surface area contributed by atoms with Gasteiger partial charge in [-0.15, -0.1) is 0 Å². The van der Waals surface area contributed by atoms with E-state index in [9.17, 15) is 4.79 Å². The lowest BCUT2D eigenvalue weighted by molar-refractivity contribution is -0.136. The molecule has 3 rings (SSSR count). The van der Waals surface area contributed by atoms with Gasteiger partial charge in [0.2, 0.25) is 0 Å². The summed E-state index contributed by atoms with van der Waals surface area (Å²) in [5, 5.41) is 2.87. The van der Waals surface area contributed by atoms with Gasteiger partial charge in [-0.3, -0.25) is 0 Å². The normalized spacial score (nSPS) is 21.6. The van der Waals surface area contributed by atoms with E-state index in [1.807, 2.05) is 36.3 Å². The SMILES string of the molecule is COC(=O)C1=C(C)N=C2SC=C(C)N2[C@@H]1c1ccco1. The zero-order valence-corrected chi connectivity index (χ0v) is 12.2. The highest BCUT2D eigenvalue weighted by Crippen LogP contribution is 2.43. The third-order valence-corrected chi connectivity index (χ3v) is 4.28. The third kappa shape index (κ3) is 1.87. The van der Waals surface area contributed by atoms with Gasteiger partial charge >= 0.3 is 5.97 Å². The summed E-state index contributed by atoms with van der Waals surface area (Å²) in [6.45, 7) is 3.81. The van der Waals surface area contributed by atoms with Gasteiger partial charge in [0.1, 0.15) is 11.8 Å². The van der Waals surface area contributed by atoms with Gasteiger partial charge in [0.25, 0.3) is 0 Å². The predicted molar refractivity (Wildman–Crippen MR) is 76.8 cm³/mol. The molecule has 1 aromatic rings. The molecule has 1 aromatic heterocycles. The highest BCUT2D eigenvalue weighted by molar-refractivity contribution is 8.16. The maximum absolute atomic E-state index is 12.1. The van der Waals surface area contributed by atoms with Crippen LogP contribution in [0.5, 0.6) is 0 Å². The Morgan fingerprint density at radius 1 is 1.50 bits per heavy atom. The van der Waals surface area contributed by atoms with Crippen LogP contribution >= 0.6 is 11.8 Å². The maximum atomic E-state index is 12.1. The molecule has 5 nitrogen and oxygen atoms in total. The molecule has 6 heteroatoms. The number of carbonyl (C=O) groups excluding carboxylic acids is 1. The van der Waals surface area contributed by atoms with Crippen molar-refractivity contribution in [3.8, 4) is 0 Å². The van der Waals surface area contributed by atoms with E-state index >= 15 is 0 Å². The molecule has 104 valence electrons. The van der Waals surface area contributed by atoms with Crippen molar-refractivity contribution in [1.82, 2.24) is 4.90 Å². The molecule has 1 atom stereocenters. The summed E-state index contributed by atoms with van der Waals surface area (Å²) in [5.74, 6) is 0.323. The van der Waals surface area contributed by atoms with Crippen LogP contribution in [0.3, 0.4) is 0 Å². The predicted octanol–water partition coefficient (Wildman–Crippen LogP) is 3.05. The lowest BCUT2D eigenvalue weighted by Crippen LogP contribution is -2.35. The smallest absolute Gasteiger partial charge is 0.338 e. The average Bonchev–Trinajstić information content (AvgIpc) is 3.07. The van der Waals surface area contributed by atoms with Crippen LogP contribution in [0.15, 0.2) is 50.2 Å². The second-order valence-corrected chi connectivity index (χ2v) is 5.39. The molecule has 3 heterocycles. The van der Waals surface area contributed by atoms with Crippen molar-refractivity contribution >= 4 is 22.9 Å². The molecule has 0 aromatic carbocycles. The summed E-state index contributed by atoms with van der Waals surface area (Å²) in [6.07, 6.45) is 1.60. The van der Waals surface area contributed by atoms with Crippen molar-refractivity contribution in [1.29, 1.82) is 0 Å². The van der Waals surface area contributed by atoms with E-state index in [4.69, 9.17) is 9.15 Å². The molecule has 0 radical (unpaired) electrons. The molecule has 2 aliphatic rings. The summed E-state index contributed by atoms with van der Waals surface area (Å²) >= 11 is 1.55. The monoisotopic (exact) mass is 290 g/mol. The maximum Gasteiger partial charge on any atom is 0.338 e. The first-order valence-electron chi connectivity index (χ1n) is 6.17. The molecule has 0 aliphatic carbocycles.